The first-order valence-electron chi connectivity index (χ1n) is 8.41. The molecule has 0 amide bonds. The monoisotopic (exact) mass is 384 g/mol. The number of carbonyl (C=O) groups is 2. The van der Waals surface area contributed by atoms with E-state index in [1.165, 1.54) is 0 Å². The Labute approximate surface area is 156 Å². The van der Waals surface area contributed by atoms with Crippen molar-refractivity contribution in [1.82, 2.24) is 0 Å². The van der Waals surface area contributed by atoms with E-state index in [-0.39, 0.29) is 6.61 Å². The highest BCUT2D eigenvalue weighted by atomic mass is 16.7. The number of carboxylic acid groups (broad SMARTS) is 1. The van der Waals surface area contributed by atoms with Crippen molar-refractivity contribution < 1.29 is 44.2 Å². The standard InChI is InChI=1S/C18H24O9/c1-18(2,16(22)23)17(24)27-14-11(8-19)26-15(13(21)12(14)20)25-9-10-6-4-3-5-7-10/h3-7,11-15,19-21H,8-9H2,1-2H3,(H,22,23). The van der Waals surface area contributed by atoms with Gasteiger partial charge in [0, 0.05) is 0 Å². The SMILES string of the molecule is CC(C)(C(=O)O)C(=O)OC1C(CO)OC(OCc2ccccc2)C(O)C1O. The molecule has 9 nitrogen and oxygen atoms in total. The van der Waals surface area contributed by atoms with E-state index in [1.54, 1.807) is 12.1 Å². The molecule has 1 aromatic carbocycles. The van der Waals surface area contributed by atoms with E-state index >= 15 is 0 Å². The van der Waals surface area contributed by atoms with Gasteiger partial charge in [0.15, 0.2) is 17.8 Å². The van der Waals surface area contributed by atoms with Crippen LogP contribution in [0.3, 0.4) is 0 Å². The van der Waals surface area contributed by atoms with Crippen LogP contribution in [0.5, 0.6) is 0 Å². The first-order chi connectivity index (χ1) is 12.7. The molecule has 27 heavy (non-hydrogen) atoms. The van der Waals surface area contributed by atoms with E-state index < -0.39 is 54.7 Å². The molecule has 2 rings (SSSR count). The first kappa shape index (κ1) is 21.3. The number of rotatable bonds is 7. The summed E-state index contributed by atoms with van der Waals surface area (Å²) in [5.74, 6) is -2.54. The minimum absolute atomic E-state index is 0.0872. The second-order valence-electron chi connectivity index (χ2n) is 6.80. The predicted octanol–water partition coefficient (Wildman–Crippen LogP) is -0.335. The third-order valence-electron chi connectivity index (χ3n) is 4.37. The van der Waals surface area contributed by atoms with Crippen molar-refractivity contribution in [3.63, 3.8) is 0 Å². The smallest absolute Gasteiger partial charge is 0.323 e. The molecule has 5 atom stereocenters. The van der Waals surface area contributed by atoms with Crippen LogP contribution in [0.15, 0.2) is 30.3 Å². The molecule has 0 spiro atoms. The number of esters is 1. The third kappa shape index (κ3) is 4.82. The van der Waals surface area contributed by atoms with E-state index in [2.05, 4.69) is 0 Å². The van der Waals surface area contributed by atoms with Crippen LogP contribution in [0.4, 0.5) is 0 Å². The van der Waals surface area contributed by atoms with Crippen molar-refractivity contribution in [1.29, 1.82) is 0 Å². The van der Waals surface area contributed by atoms with Gasteiger partial charge in [-0.2, -0.15) is 0 Å². The summed E-state index contributed by atoms with van der Waals surface area (Å²) in [6, 6.07) is 9.05. The number of ether oxygens (including phenoxy) is 3. The van der Waals surface area contributed by atoms with E-state index in [0.29, 0.717) is 0 Å². The number of carbonyl (C=O) groups excluding carboxylic acids is 1. The van der Waals surface area contributed by atoms with Crippen molar-refractivity contribution in [2.75, 3.05) is 6.61 Å². The topological polar surface area (TPSA) is 143 Å². The Bertz CT molecular complexity index is 643. The molecule has 1 heterocycles. The minimum Gasteiger partial charge on any atom is -0.480 e. The maximum Gasteiger partial charge on any atom is 0.323 e. The Hall–Kier alpha value is -2.04. The van der Waals surface area contributed by atoms with Gasteiger partial charge in [-0.25, -0.2) is 0 Å². The van der Waals surface area contributed by atoms with Crippen LogP contribution in [-0.4, -0.2) is 69.7 Å². The summed E-state index contributed by atoms with van der Waals surface area (Å²) in [5, 5.41) is 39.2. The van der Waals surface area contributed by atoms with E-state index in [0.717, 1.165) is 19.4 Å². The van der Waals surface area contributed by atoms with Gasteiger partial charge < -0.3 is 34.6 Å². The van der Waals surface area contributed by atoms with Gasteiger partial charge in [0.25, 0.3) is 0 Å². The first-order valence-corrected chi connectivity index (χ1v) is 8.41. The molecule has 1 fully saturated rings. The van der Waals surface area contributed by atoms with Gasteiger partial charge >= 0.3 is 11.9 Å². The van der Waals surface area contributed by atoms with E-state index in [9.17, 15) is 24.9 Å². The molecule has 150 valence electrons. The summed E-state index contributed by atoms with van der Waals surface area (Å²) < 4.78 is 15.9. The van der Waals surface area contributed by atoms with Gasteiger partial charge in [0.1, 0.15) is 18.3 Å². The van der Waals surface area contributed by atoms with Crippen LogP contribution in [0, 0.1) is 5.41 Å². The molecule has 5 unspecified atom stereocenters. The fourth-order valence-corrected chi connectivity index (χ4v) is 2.45. The Morgan fingerprint density at radius 2 is 1.78 bits per heavy atom. The van der Waals surface area contributed by atoms with E-state index in [4.69, 9.17) is 19.3 Å². The maximum absolute atomic E-state index is 12.1. The summed E-state index contributed by atoms with van der Waals surface area (Å²) >= 11 is 0. The molecule has 1 aliphatic rings. The molecular weight excluding hydrogens is 360 g/mol. The molecule has 1 aromatic rings. The van der Waals surface area contributed by atoms with Gasteiger partial charge in [0.05, 0.1) is 13.2 Å². The van der Waals surface area contributed by atoms with Crippen LogP contribution >= 0.6 is 0 Å². The Morgan fingerprint density at radius 1 is 1.15 bits per heavy atom. The largest absolute Gasteiger partial charge is 0.480 e. The number of aliphatic hydroxyl groups is 3. The lowest BCUT2D eigenvalue weighted by molar-refractivity contribution is -0.307. The number of benzene rings is 1. The maximum atomic E-state index is 12.1. The van der Waals surface area contributed by atoms with Crippen LogP contribution < -0.4 is 0 Å². The number of hydrogen-bond acceptors (Lipinski definition) is 8. The average Bonchev–Trinajstić information content (AvgIpc) is 2.65. The zero-order valence-corrected chi connectivity index (χ0v) is 15.0. The van der Waals surface area contributed by atoms with Crippen molar-refractivity contribution in [3.8, 4) is 0 Å². The normalized spacial score (nSPS) is 28.6. The number of aliphatic hydroxyl groups excluding tert-OH is 3. The van der Waals surface area contributed by atoms with Crippen LogP contribution in [0.2, 0.25) is 0 Å². The molecule has 0 radical (unpaired) electrons. The summed E-state index contributed by atoms with van der Waals surface area (Å²) in [6.45, 7) is 1.73. The van der Waals surface area contributed by atoms with Crippen LogP contribution in [-0.2, 0) is 30.4 Å². The van der Waals surface area contributed by atoms with Crippen molar-refractivity contribution in [3.05, 3.63) is 35.9 Å². The zero-order chi connectivity index (χ0) is 20.2. The zero-order valence-electron chi connectivity index (χ0n) is 15.0. The summed E-state index contributed by atoms with van der Waals surface area (Å²) in [5.41, 5.74) is -1.06. The van der Waals surface area contributed by atoms with Crippen LogP contribution in [0.25, 0.3) is 0 Å². The Balaban J connectivity index is 2.06. The summed E-state index contributed by atoms with van der Waals surface area (Å²) in [4.78, 5) is 23.3. The molecule has 1 saturated heterocycles. The van der Waals surface area contributed by atoms with Gasteiger partial charge in [-0.15, -0.1) is 0 Å². The van der Waals surface area contributed by atoms with Gasteiger partial charge in [0.2, 0.25) is 0 Å². The molecule has 0 bridgehead atoms. The minimum atomic E-state index is -1.87. The molecule has 1 aliphatic heterocycles. The van der Waals surface area contributed by atoms with Crippen molar-refractivity contribution >= 4 is 11.9 Å². The number of carboxylic acids is 1. The van der Waals surface area contributed by atoms with E-state index in [1.807, 2.05) is 18.2 Å². The molecular formula is C18H24O9. The molecule has 0 saturated carbocycles. The van der Waals surface area contributed by atoms with Gasteiger partial charge in [-0.05, 0) is 19.4 Å². The average molecular weight is 384 g/mol. The molecule has 9 heteroatoms. The highest BCUT2D eigenvalue weighted by molar-refractivity contribution is 5.98. The van der Waals surface area contributed by atoms with Crippen LogP contribution in [0.1, 0.15) is 19.4 Å². The second-order valence-corrected chi connectivity index (χ2v) is 6.80. The van der Waals surface area contributed by atoms with Crippen molar-refractivity contribution in [2.45, 2.75) is 51.2 Å². The molecule has 4 N–H and O–H groups in total. The summed E-state index contributed by atoms with van der Waals surface area (Å²) in [7, 11) is 0. The molecule has 0 aromatic heterocycles. The number of aliphatic carboxylic acids is 1. The highest BCUT2D eigenvalue weighted by Gasteiger charge is 2.49. The number of hydrogen-bond donors (Lipinski definition) is 4. The lowest BCUT2D eigenvalue weighted by atomic mass is 9.93. The lowest BCUT2D eigenvalue weighted by Crippen LogP contribution is -2.61. The summed E-state index contributed by atoms with van der Waals surface area (Å²) in [6.07, 6.45) is -7.11. The highest BCUT2D eigenvalue weighted by Crippen LogP contribution is 2.28. The lowest BCUT2D eigenvalue weighted by Gasteiger charge is -2.41. The predicted molar refractivity (Wildman–Crippen MR) is 90.3 cm³/mol. The third-order valence-corrected chi connectivity index (χ3v) is 4.37. The second kappa shape index (κ2) is 8.77. The van der Waals surface area contributed by atoms with Gasteiger partial charge in [-0.3, -0.25) is 9.59 Å². The quantitative estimate of drug-likeness (QED) is 0.367. The molecule has 0 aliphatic carbocycles. The fraction of sp³-hybridized carbons (Fsp3) is 0.556. The fourth-order valence-electron chi connectivity index (χ4n) is 2.45. The van der Waals surface area contributed by atoms with Crippen molar-refractivity contribution in [2.24, 2.45) is 5.41 Å². The Kier molecular flexibility index (Phi) is 6.90. The van der Waals surface area contributed by atoms with Gasteiger partial charge in [-0.1, -0.05) is 30.3 Å². The Morgan fingerprint density at radius 3 is 2.33 bits per heavy atom.